The summed E-state index contributed by atoms with van der Waals surface area (Å²) in [6.45, 7) is 4.99. The van der Waals surface area contributed by atoms with E-state index in [1.165, 1.54) is 0 Å². The summed E-state index contributed by atoms with van der Waals surface area (Å²) >= 11 is 6.10. The fourth-order valence-electron chi connectivity index (χ4n) is 2.71. The molecule has 0 saturated heterocycles. The van der Waals surface area contributed by atoms with Crippen molar-refractivity contribution in [2.24, 2.45) is 0 Å². The molecule has 0 aliphatic rings. The van der Waals surface area contributed by atoms with Crippen molar-refractivity contribution >= 4 is 17.4 Å². The van der Waals surface area contributed by atoms with Crippen LogP contribution in [0.5, 0.6) is 0 Å². The monoisotopic (exact) mass is 330 g/mol. The maximum Gasteiger partial charge on any atom is 0.234 e. The van der Waals surface area contributed by atoms with Crippen molar-refractivity contribution in [3.8, 4) is 0 Å². The number of aryl methyl sites for hydroxylation is 2. The molecule has 2 heterocycles. The van der Waals surface area contributed by atoms with E-state index in [-0.39, 0.29) is 0 Å². The van der Waals surface area contributed by atoms with Crippen LogP contribution < -0.4 is 5.32 Å². The SMILES string of the molecule is Cc1cc(C)n2c(CNCC(O)c3ccccc3Cl)cnc2n1. The topological polar surface area (TPSA) is 62.5 Å². The van der Waals surface area contributed by atoms with E-state index in [0.29, 0.717) is 23.9 Å². The van der Waals surface area contributed by atoms with Gasteiger partial charge < -0.3 is 10.4 Å². The number of halogens is 1. The fourth-order valence-corrected chi connectivity index (χ4v) is 2.97. The fraction of sp³-hybridized carbons (Fsp3) is 0.294. The maximum atomic E-state index is 10.3. The van der Waals surface area contributed by atoms with Crippen LogP contribution in [-0.2, 0) is 6.54 Å². The number of hydrogen-bond donors (Lipinski definition) is 2. The lowest BCUT2D eigenvalue weighted by molar-refractivity contribution is 0.174. The van der Waals surface area contributed by atoms with E-state index in [4.69, 9.17) is 11.6 Å². The average Bonchev–Trinajstić information content (AvgIpc) is 2.90. The number of imidazole rings is 1. The van der Waals surface area contributed by atoms with E-state index in [1.54, 1.807) is 6.07 Å². The van der Waals surface area contributed by atoms with Crippen molar-refractivity contribution < 1.29 is 5.11 Å². The molecule has 6 heteroatoms. The molecule has 2 aromatic heterocycles. The van der Waals surface area contributed by atoms with Crippen molar-refractivity contribution in [1.82, 2.24) is 19.7 Å². The van der Waals surface area contributed by atoms with Crippen LogP contribution >= 0.6 is 11.6 Å². The van der Waals surface area contributed by atoms with Crippen LogP contribution in [0.25, 0.3) is 5.78 Å². The molecule has 0 fully saturated rings. The molecule has 0 saturated carbocycles. The lowest BCUT2D eigenvalue weighted by Crippen LogP contribution is -2.22. The van der Waals surface area contributed by atoms with Crippen LogP contribution in [0.2, 0.25) is 5.02 Å². The van der Waals surface area contributed by atoms with Crippen LogP contribution in [-0.4, -0.2) is 26.0 Å². The number of hydrogen-bond acceptors (Lipinski definition) is 4. The Balaban J connectivity index is 1.69. The van der Waals surface area contributed by atoms with Gasteiger partial charge in [-0.1, -0.05) is 29.8 Å². The highest BCUT2D eigenvalue weighted by Crippen LogP contribution is 2.22. The number of fused-ring (bicyclic) bond motifs is 1. The highest BCUT2D eigenvalue weighted by Gasteiger charge is 2.12. The summed E-state index contributed by atoms with van der Waals surface area (Å²) in [6.07, 6.45) is 1.16. The molecule has 23 heavy (non-hydrogen) atoms. The van der Waals surface area contributed by atoms with E-state index >= 15 is 0 Å². The molecule has 3 rings (SSSR count). The van der Waals surface area contributed by atoms with Crippen LogP contribution in [0.1, 0.15) is 28.7 Å². The van der Waals surface area contributed by atoms with Crippen molar-refractivity contribution in [1.29, 1.82) is 0 Å². The summed E-state index contributed by atoms with van der Waals surface area (Å²) in [5, 5.41) is 14.1. The van der Waals surface area contributed by atoms with E-state index in [0.717, 1.165) is 22.6 Å². The number of aliphatic hydroxyl groups excluding tert-OH is 1. The van der Waals surface area contributed by atoms with Gasteiger partial charge in [0.05, 0.1) is 18.0 Å². The Morgan fingerprint density at radius 1 is 1.30 bits per heavy atom. The predicted octanol–water partition coefficient (Wildman–Crippen LogP) is 2.82. The van der Waals surface area contributed by atoms with Crippen LogP contribution in [0, 0.1) is 13.8 Å². The largest absolute Gasteiger partial charge is 0.387 e. The normalized spacial score (nSPS) is 12.7. The summed E-state index contributed by atoms with van der Waals surface area (Å²) in [5.74, 6) is 0.700. The van der Waals surface area contributed by atoms with Crippen LogP contribution in [0.15, 0.2) is 36.5 Å². The molecule has 5 nitrogen and oxygen atoms in total. The second-order valence-electron chi connectivity index (χ2n) is 5.59. The van der Waals surface area contributed by atoms with Gasteiger partial charge in [-0.3, -0.25) is 4.40 Å². The standard InChI is InChI=1S/C17H19ClN4O/c1-11-7-12(2)22-13(9-20-17(22)21-11)8-19-10-16(23)14-5-3-4-6-15(14)18/h3-7,9,16,19,23H,8,10H2,1-2H3. The van der Waals surface area contributed by atoms with E-state index < -0.39 is 6.10 Å². The number of nitrogens with zero attached hydrogens (tertiary/aromatic N) is 3. The number of rotatable bonds is 5. The third kappa shape index (κ3) is 3.37. The lowest BCUT2D eigenvalue weighted by atomic mass is 10.1. The summed E-state index contributed by atoms with van der Waals surface area (Å²) < 4.78 is 2.02. The van der Waals surface area contributed by atoms with Gasteiger partial charge in [-0.15, -0.1) is 0 Å². The minimum absolute atomic E-state index is 0.412. The maximum absolute atomic E-state index is 10.3. The van der Waals surface area contributed by atoms with Gasteiger partial charge >= 0.3 is 0 Å². The van der Waals surface area contributed by atoms with Crippen LogP contribution in [0.3, 0.4) is 0 Å². The Bertz CT molecular complexity index is 831. The van der Waals surface area contributed by atoms with E-state index in [1.807, 2.05) is 48.7 Å². The van der Waals surface area contributed by atoms with E-state index in [9.17, 15) is 5.11 Å². The average molecular weight is 331 g/mol. The molecular weight excluding hydrogens is 312 g/mol. The van der Waals surface area contributed by atoms with Gasteiger partial charge in [-0.2, -0.15) is 0 Å². The molecule has 2 N–H and O–H groups in total. The Morgan fingerprint density at radius 2 is 2.09 bits per heavy atom. The molecule has 0 aliphatic heterocycles. The first-order valence-electron chi connectivity index (χ1n) is 7.50. The molecule has 0 spiro atoms. The third-order valence-electron chi connectivity index (χ3n) is 3.77. The van der Waals surface area contributed by atoms with Gasteiger partial charge in [-0.25, -0.2) is 9.97 Å². The molecular formula is C17H19ClN4O. The van der Waals surface area contributed by atoms with E-state index in [2.05, 4.69) is 15.3 Å². The smallest absolute Gasteiger partial charge is 0.234 e. The molecule has 120 valence electrons. The Kier molecular flexibility index (Phi) is 4.61. The zero-order valence-electron chi connectivity index (χ0n) is 13.1. The molecule has 3 aromatic rings. The van der Waals surface area contributed by atoms with Crippen molar-refractivity contribution in [3.05, 3.63) is 64.2 Å². The molecule has 1 aromatic carbocycles. The molecule has 1 unspecified atom stereocenters. The molecule has 1 atom stereocenters. The van der Waals surface area contributed by atoms with Gasteiger partial charge in [0.25, 0.3) is 0 Å². The Labute approximate surface area is 140 Å². The minimum Gasteiger partial charge on any atom is -0.387 e. The van der Waals surface area contributed by atoms with Gasteiger partial charge in [0.2, 0.25) is 5.78 Å². The zero-order chi connectivity index (χ0) is 16.4. The third-order valence-corrected chi connectivity index (χ3v) is 4.12. The minimum atomic E-state index is -0.649. The predicted molar refractivity (Wildman–Crippen MR) is 90.6 cm³/mol. The van der Waals surface area contributed by atoms with Gasteiger partial charge in [0.1, 0.15) is 0 Å². The van der Waals surface area contributed by atoms with Crippen molar-refractivity contribution in [2.45, 2.75) is 26.5 Å². The van der Waals surface area contributed by atoms with Crippen molar-refractivity contribution in [3.63, 3.8) is 0 Å². The number of aromatic nitrogens is 3. The summed E-state index contributed by atoms with van der Waals surface area (Å²) in [4.78, 5) is 8.76. The molecule has 0 aliphatic carbocycles. The lowest BCUT2D eigenvalue weighted by Gasteiger charge is -2.14. The van der Waals surface area contributed by atoms with Gasteiger partial charge in [-0.05, 0) is 26.0 Å². The highest BCUT2D eigenvalue weighted by atomic mass is 35.5. The van der Waals surface area contributed by atoms with Gasteiger partial charge in [0.15, 0.2) is 0 Å². The summed E-state index contributed by atoms with van der Waals surface area (Å²) in [5.41, 5.74) is 3.78. The Hall–Kier alpha value is -1.95. The first kappa shape index (κ1) is 15.9. The summed E-state index contributed by atoms with van der Waals surface area (Å²) in [6, 6.07) is 9.35. The molecule has 0 bridgehead atoms. The molecule has 0 amide bonds. The molecule has 0 radical (unpaired) electrons. The number of aliphatic hydroxyl groups is 1. The van der Waals surface area contributed by atoms with Crippen LogP contribution in [0.4, 0.5) is 0 Å². The first-order chi connectivity index (χ1) is 11.1. The first-order valence-corrected chi connectivity index (χ1v) is 7.88. The second-order valence-corrected chi connectivity index (χ2v) is 6.00. The van der Waals surface area contributed by atoms with Crippen molar-refractivity contribution in [2.75, 3.05) is 6.54 Å². The highest BCUT2D eigenvalue weighted by molar-refractivity contribution is 6.31. The van der Waals surface area contributed by atoms with Gasteiger partial charge in [0, 0.05) is 35.1 Å². The quantitative estimate of drug-likeness (QED) is 0.755. The Morgan fingerprint density at radius 3 is 2.87 bits per heavy atom. The zero-order valence-corrected chi connectivity index (χ0v) is 13.9. The number of nitrogens with one attached hydrogen (secondary N) is 1. The number of benzene rings is 1. The second kappa shape index (κ2) is 6.66. The summed E-state index contributed by atoms with van der Waals surface area (Å²) in [7, 11) is 0.